The number of hydrogen-bond donors (Lipinski definition) is 0. The van der Waals surface area contributed by atoms with E-state index in [0.717, 1.165) is 86.5 Å². The molecule has 2 aliphatic rings. The maximum absolute atomic E-state index is 12.8. The fraction of sp³-hybridized carbons (Fsp3) is 0.700. The molecule has 0 saturated carbocycles. The van der Waals surface area contributed by atoms with E-state index in [0.29, 0.717) is 24.7 Å². The highest BCUT2D eigenvalue weighted by molar-refractivity contribution is 6.02. The second kappa shape index (κ2) is 34.7. The van der Waals surface area contributed by atoms with Gasteiger partial charge in [0.05, 0.1) is 12.8 Å². The van der Waals surface area contributed by atoms with Crippen LogP contribution >= 0.6 is 0 Å². The molecule has 0 N–H and O–H groups in total. The molecule has 0 aromatic heterocycles. The summed E-state index contributed by atoms with van der Waals surface area (Å²) in [7, 11) is 0. The normalized spacial score (nSPS) is 16.7. The van der Waals surface area contributed by atoms with E-state index in [1.54, 1.807) is 0 Å². The maximum Gasteiger partial charge on any atom is 0.163 e. The lowest BCUT2D eigenvalue weighted by atomic mass is 9.71. The van der Waals surface area contributed by atoms with Crippen LogP contribution in [-0.2, 0) is 32.0 Å². The van der Waals surface area contributed by atoms with E-state index < -0.39 is 0 Å². The summed E-state index contributed by atoms with van der Waals surface area (Å²) in [5, 5.41) is 0. The molecule has 6 heteroatoms. The topological polar surface area (TPSA) is 102 Å². The van der Waals surface area contributed by atoms with Crippen molar-refractivity contribution in [3.8, 4) is 0 Å². The van der Waals surface area contributed by atoms with Crippen molar-refractivity contribution in [2.24, 2.45) is 35.5 Å². The van der Waals surface area contributed by atoms with Gasteiger partial charge >= 0.3 is 0 Å². The van der Waals surface area contributed by atoms with Crippen LogP contribution in [-0.4, -0.2) is 34.7 Å². The van der Waals surface area contributed by atoms with E-state index in [1.165, 1.54) is 74.6 Å². The summed E-state index contributed by atoms with van der Waals surface area (Å²) in [6.45, 7) is 32.5. The van der Waals surface area contributed by atoms with Crippen molar-refractivity contribution < 1.29 is 28.8 Å². The lowest BCUT2D eigenvalue weighted by Gasteiger charge is -2.32. The van der Waals surface area contributed by atoms with Crippen LogP contribution in [0.2, 0.25) is 0 Å². The van der Waals surface area contributed by atoms with Crippen LogP contribution < -0.4 is 0 Å². The molecule has 2 aromatic carbocycles. The van der Waals surface area contributed by atoms with Gasteiger partial charge in [0, 0.05) is 35.8 Å². The third-order valence-corrected chi connectivity index (χ3v) is 13.2. The minimum absolute atomic E-state index is 0.0451. The molecule has 0 heterocycles. The monoisotopic (exact) mass is 915 g/mol. The van der Waals surface area contributed by atoms with Crippen LogP contribution in [0.4, 0.5) is 0 Å². The number of carbonyl (C=O) groups excluding carboxylic acids is 6. The molecule has 0 aliphatic heterocycles. The van der Waals surface area contributed by atoms with Crippen molar-refractivity contribution in [2.45, 2.75) is 239 Å². The first kappa shape index (κ1) is 62.5. The van der Waals surface area contributed by atoms with E-state index in [4.69, 9.17) is 0 Å². The second-order valence-corrected chi connectivity index (χ2v) is 19.9. The van der Waals surface area contributed by atoms with Crippen LogP contribution in [0.15, 0.2) is 24.3 Å². The zero-order chi connectivity index (χ0) is 50.5. The molecule has 6 unspecified atom stereocenters. The van der Waals surface area contributed by atoms with Gasteiger partial charge in [-0.1, -0.05) is 158 Å². The maximum atomic E-state index is 12.8. The van der Waals surface area contributed by atoms with Gasteiger partial charge in [-0.2, -0.15) is 0 Å². The quantitative estimate of drug-likeness (QED) is 0.0913. The zero-order valence-corrected chi connectivity index (χ0v) is 45.4. The summed E-state index contributed by atoms with van der Waals surface area (Å²) in [6, 6.07) is 8.30. The van der Waals surface area contributed by atoms with Gasteiger partial charge in [0.25, 0.3) is 0 Å². The number of aryl methyl sites for hydroxylation is 4. The molecule has 2 aromatic rings. The van der Waals surface area contributed by atoms with Crippen LogP contribution in [0.1, 0.15) is 253 Å². The molecular weight excluding hydrogens is 817 g/mol. The summed E-state index contributed by atoms with van der Waals surface area (Å²) in [5.41, 5.74) is 8.81. The Balaban J connectivity index is 0.00000103. The molecule has 0 bridgehead atoms. The molecule has 2 aliphatic carbocycles. The highest BCUT2D eigenvalue weighted by Crippen LogP contribution is 2.39. The SMILES string of the molecule is CCC.CCC.CCCC(CC1CC(=O)c2c(C)ccc(C)c2C1)C(CC)C(=O)CC(C)=O.CCCC(CC1CC(=O)c2c(C)ccc(C)c2C1)C(CC)C(=O)CC(C)=O.CCCCCC. The van der Waals surface area contributed by atoms with Crippen molar-refractivity contribution in [1.82, 2.24) is 0 Å². The minimum Gasteiger partial charge on any atom is -0.300 e. The Hall–Kier alpha value is -3.54. The Bertz CT molecular complexity index is 1650. The molecule has 0 saturated heterocycles. The van der Waals surface area contributed by atoms with Gasteiger partial charge in [-0.3, -0.25) is 28.8 Å². The smallest absolute Gasteiger partial charge is 0.163 e. The highest BCUT2D eigenvalue weighted by atomic mass is 16.2. The van der Waals surface area contributed by atoms with Gasteiger partial charge in [0.2, 0.25) is 0 Å². The molecule has 0 spiro atoms. The molecule has 0 radical (unpaired) electrons. The van der Waals surface area contributed by atoms with Gasteiger partial charge in [-0.15, -0.1) is 0 Å². The number of rotatable bonds is 21. The van der Waals surface area contributed by atoms with E-state index in [-0.39, 0.29) is 71.2 Å². The van der Waals surface area contributed by atoms with E-state index >= 15 is 0 Å². The molecular formula is C60H98O6. The zero-order valence-electron chi connectivity index (χ0n) is 45.4. The predicted octanol–water partition coefficient (Wildman–Crippen LogP) is 16.3. The molecule has 0 fully saturated rings. The number of unbranched alkanes of at least 4 members (excludes halogenated alkanes) is 3. The molecule has 6 nitrogen and oxygen atoms in total. The fourth-order valence-corrected chi connectivity index (χ4v) is 10.3. The van der Waals surface area contributed by atoms with Crippen LogP contribution in [0, 0.1) is 63.2 Å². The number of hydrogen-bond acceptors (Lipinski definition) is 6. The largest absolute Gasteiger partial charge is 0.300 e. The van der Waals surface area contributed by atoms with Crippen molar-refractivity contribution >= 4 is 34.7 Å². The number of carbonyl (C=O) groups is 6. The average molecular weight is 915 g/mol. The molecule has 66 heavy (non-hydrogen) atoms. The molecule has 4 rings (SSSR count). The van der Waals surface area contributed by atoms with Crippen molar-refractivity contribution in [2.75, 3.05) is 0 Å². The summed E-state index contributed by atoms with van der Waals surface area (Å²) in [6.07, 6.45) is 18.5. The first-order valence-corrected chi connectivity index (χ1v) is 26.6. The highest BCUT2D eigenvalue weighted by Gasteiger charge is 2.35. The Morgan fingerprint density at radius 2 is 0.788 bits per heavy atom. The lowest BCUT2D eigenvalue weighted by Crippen LogP contribution is -2.30. The van der Waals surface area contributed by atoms with Gasteiger partial charge < -0.3 is 0 Å². The van der Waals surface area contributed by atoms with E-state index in [9.17, 15) is 28.8 Å². The molecule has 6 atom stereocenters. The Kier molecular flexibility index (Phi) is 32.8. The van der Waals surface area contributed by atoms with Crippen LogP contribution in [0.3, 0.4) is 0 Å². The third kappa shape index (κ3) is 21.6. The van der Waals surface area contributed by atoms with Gasteiger partial charge in [-0.25, -0.2) is 0 Å². The second-order valence-electron chi connectivity index (χ2n) is 19.9. The third-order valence-electron chi connectivity index (χ3n) is 13.2. The number of ketones is 6. The van der Waals surface area contributed by atoms with E-state index in [1.807, 2.05) is 39.8 Å². The number of Topliss-reactive ketones (excluding diaryl/α,β-unsaturated/α-hetero) is 6. The van der Waals surface area contributed by atoms with Gasteiger partial charge in [-0.05, 0) is 137 Å². The Labute approximate surface area is 405 Å². The van der Waals surface area contributed by atoms with Crippen LogP contribution in [0.25, 0.3) is 0 Å². The average Bonchev–Trinajstić information content (AvgIpc) is 3.24. The lowest BCUT2D eigenvalue weighted by molar-refractivity contribution is -0.131. The van der Waals surface area contributed by atoms with Gasteiger partial charge in [0.15, 0.2) is 11.6 Å². The summed E-state index contributed by atoms with van der Waals surface area (Å²) in [5.74, 6) is 1.53. The number of benzene rings is 2. The summed E-state index contributed by atoms with van der Waals surface area (Å²) in [4.78, 5) is 73.7. The Morgan fingerprint density at radius 1 is 0.485 bits per heavy atom. The predicted molar refractivity (Wildman–Crippen MR) is 280 cm³/mol. The standard InChI is InChI=1S/2C24H34O3.C6H14.2C3H8/c2*1-6-8-19(20(7-2)22(26)11-17(5)25)12-18-13-21-15(3)9-10-16(4)24(21)23(27)14-18;1-3-5-6-4-2;2*1-3-2/h2*9-10,18-20H,6-8,11-14H2,1-5H3;3-6H2,1-2H3;2*3H2,1-2H3. The number of fused-ring (bicyclic) bond motifs is 2. The van der Waals surface area contributed by atoms with E-state index in [2.05, 4.69) is 81.4 Å². The van der Waals surface area contributed by atoms with Crippen molar-refractivity contribution in [1.29, 1.82) is 0 Å². The van der Waals surface area contributed by atoms with Crippen molar-refractivity contribution in [3.63, 3.8) is 0 Å². The van der Waals surface area contributed by atoms with Crippen LogP contribution in [0.5, 0.6) is 0 Å². The van der Waals surface area contributed by atoms with Gasteiger partial charge in [0.1, 0.15) is 23.1 Å². The molecule has 374 valence electrons. The van der Waals surface area contributed by atoms with Crippen molar-refractivity contribution in [3.05, 3.63) is 68.8 Å². The fourth-order valence-electron chi connectivity index (χ4n) is 10.3. The minimum atomic E-state index is -0.0658. The molecule has 0 amide bonds. The summed E-state index contributed by atoms with van der Waals surface area (Å²) >= 11 is 0. The Morgan fingerprint density at radius 3 is 1.05 bits per heavy atom. The first-order chi connectivity index (χ1) is 31.3. The first-order valence-electron chi connectivity index (χ1n) is 26.6. The summed E-state index contributed by atoms with van der Waals surface area (Å²) < 4.78 is 0.